The van der Waals surface area contributed by atoms with Gasteiger partial charge in [-0.1, -0.05) is 11.2 Å². The predicted octanol–water partition coefficient (Wildman–Crippen LogP) is 2.29. The quantitative estimate of drug-likeness (QED) is 0.758. The van der Waals surface area contributed by atoms with E-state index in [9.17, 15) is 8.42 Å². The molecule has 0 aliphatic rings. The van der Waals surface area contributed by atoms with E-state index in [4.69, 9.17) is 4.52 Å². The first-order valence-corrected chi connectivity index (χ1v) is 9.11. The van der Waals surface area contributed by atoms with Crippen molar-refractivity contribution in [3.63, 3.8) is 0 Å². The van der Waals surface area contributed by atoms with Crippen LogP contribution in [-0.2, 0) is 16.6 Å². The maximum Gasteiger partial charge on any atom is 0.246 e. The summed E-state index contributed by atoms with van der Waals surface area (Å²) in [6.07, 6.45) is 3.12. The number of aryl methyl sites for hydroxylation is 2. The normalized spacial score (nSPS) is 11.7. The van der Waals surface area contributed by atoms with E-state index in [0.717, 1.165) is 4.88 Å². The molecule has 0 aliphatic heterocycles. The minimum atomic E-state index is -3.73. The second kappa shape index (κ2) is 6.19. The van der Waals surface area contributed by atoms with Crippen molar-refractivity contribution in [1.29, 1.82) is 0 Å². The molecule has 3 aromatic heterocycles. The van der Waals surface area contributed by atoms with Gasteiger partial charge in [0.25, 0.3) is 0 Å². The fraction of sp³-hybridized carbons (Fsp3) is 0.214. The molecule has 3 heterocycles. The lowest BCUT2D eigenvalue weighted by Crippen LogP contribution is -2.25. The van der Waals surface area contributed by atoms with Gasteiger partial charge in [0.05, 0.1) is 17.1 Å². The molecule has 3 rings (SSSR count). The average Bonchev–Trinajstić information content (AvgIpc) is 3.16. The smallest absolute Gasteiger partial charge is 0.246 e. The molecule has 0 amide bonds. The summed E-state index contributed by atoms with van der Waals surface area (Å²) in [6.45, 7) is 3.19. The molecule has 3 aromatic rings. The van der Waals surface area contributed by atoms with E-state index >= 15 is 0 Å². The van der Waals surface area contributed by atoms with E-state index in [1.165, 1.54) is 17.5 Å². The molecule has 0 radical (unpaired) electrons. The fourth-order valence-corrected chi connectivity index (χ4v) is 4.27. The van der Waals surface area contributed by atoms with E-state index in [2.05, 4.69) is 19.8 Å². The fourth-order valence-electron chi connectivity index (χ4n) is 2.21. The number of thiophene rings is 1. The van der Waals surface area contributed by atoms with Gasteiger partial charge in [-0.3, -0.25) is 9.97 Å². The van der Waals surface area contributed by atoms with Crippen LogP contribution in [0.2, 0.25) is 0 Å². The lowest BCUT2D eigenvalue weighted by Gasteiger charge is -2.08. The molecule has 0 saturated heterocycles. The Morgan fingerprint density at radius 1 is 1.26 bits per heavy atom. The van der Waals surface area contributed by atoms with E-state index < -0.39 is 10.0 Å². The van der Waals surface area contributed by atoms with E-state index in [0.29, 0.717) is 17.1 Å². The SMILES string of the molecule is Cc1noc(C)c1S(=O)(=O)NCc1nccnc1-c1cccs1. The molecule has 0 unspecified atom stereocenters. The van der Waals surface area contributed by atoms with Gasteiger partial charge in [0.15, 0.2) is 5.76 Å². The third kappa shape index (κ3) is 3.16. The Morgan fingerprint density at radius 2 is 2.04 bits per heavy atom. The summed E-state index contributed by atoms with van der Waals surface area (Å²) in [5.74, 6) is 0.257. The summed E-state index contributed by atoms with van der Waals surface area (Å²) in [5.41, 5.74) is 1.56. The standard InChI is InChI=1S/C14H14N4O3S2/c1-9-14(10(2)21-18-9)23(19,20)17-8-11-13(16-6-5-15-11)12-4-3-7-22-12/h3-7,17H,8H2,1-2H3. The molecule has 0 fully saturated rings. The summed E-state index contributed by atoms with van der Waals surface area (Å²) in [5, 5.41) is 5.61. The molecular formula is C14H14N4O3S2. The maximum atomic E-state index is 12.4. The Labute approximate surface area is 137 Å². The average molecular weight is 350 g/mol. The van der Waals surface area contributed by atoms with Crippen molar-refractivity contribution in [3.05, 3.63) is 47.1 Å². The first kappa shape index (κ1) is 15.8. The Bertz CT molecular complexity index is 898. The highest BCUT2D eigenvalue weighted by Crippen LogP contribution is 2.25. The summed E-state index contributed by atoms with van der Waals surface area (Å²) in [4.78, 5) is 9.55. The zero-order valence-electron chi connectivity index (χ0n) is 12.5. The zero-order chi connectivity index (χ0) is 16.4. The Kier molecular flexibility index (Phi) is 4.24. The highest BCUT2D eigenvalue weighted by atomic mass is 32.2. The van der Waals surface area contributed by atoms with Crippen molar-refractivity contribution >= 4 is 21.4 Å². The van der Waals surface area contributed by atoms with Gasteiger partial charge in [-0.05, 0) is 25.3 Å². The molecule has 1 N–H and O–H groups in total. The summed E-state index contributed by atoms with van der Waals surface area (Å²) >= 11 is 1.52. The highest BCUT2D eigenvalue weighted by Gasteiger charge is 2.24. The van der Waals surface area contributed by atoms with Crippen LogP contribution in [0.3, 0.4) is 0 Å². The van der Waals surface area contributed by atoms with Crippen LogP contribution in [-0.4, -0.2) is 23.5 Å². The van der Waals surface area contributed by atoms with Gasteiger partial charge in [-0.15, -0.1) is 11.3 Å². The van der Waals surface area contributed by atoms with Gasteiger partial charge < -0.3 is 4.52 Å². The van der Waals surface area contributed by atoms with Crippen LogP contribution in [0, 0.1) is 13.8 Å². The minimum Gasteiger partial charge on any atom is -0.360 e. The van der Waals surface area contributed by atoms with E-state index in [-0.39, 0.29) is 17.2 Å². The lowest BCUT2D eigenvalue weighted by molar-refractivity contribution is 0.390. The monoisotopic (exact) mass is 350 g/mol. The van der Waals surface area contributed by atoms with Crippen LogP contribution in [0.25, 0.3) is 10.6 Å². The topological polar surface area (TPSA) is 98.0 Å². The Balaban J connectivity index is 1.87. The van der Waals surface area contributed by atoms with Crippen LogP contribution in [0.1, 0.15) is 17.1 Å². The number of nitrogens with one attached hydrogen (secondary N) is 1. The number of nitrogens with zero attached hydrogens (tertiary/aromatic N) is 3. The Morgan fingerprint density at radius 3 is 2.70 bits per heavy atom. The van der Waals surface area contributed by atoms with E-state index in [1.807, 2.05) is 17.5 Å². The summed E-state index contributed by atoms with van der Waals surface area (Å²) in [6, 6.07) is 3.83. The van der Waals surface area contributed by atoms with Gasteiger partial charge in [0, 0.05) is 12.4 Å². The molecule has 0 saturated carbocycles. The molecular weight excluding hydrogens is 336 g/mol. The van der Waals surface area contributed by atoms with Crippen molar-refractivity contribution in [1.82, 2.24) is 19.8 Å². The zero-order valence-corrected chi connectivity index (χ0v) is 14.1. The van der Waals surface area contributed by atoms with E-state index in [1.54, 1.807) is 20.0 Å². The molecule has 9 heteroatoms. The molecule has 0 atom stereocenters. The molecule has 0 spiro atoms. The minimum absolute atomic E-state index is 0.0352. The second-order valence-electron chi connectivity index (χ2n) is 4.81. The van der Waals surface area contributed by atoms with Crippen LogP contribution in [0.15, 0.2) is 39.3 Å². The van der Waals surface area contributed by atoms with Crippen molar-refractivity contribution < 1.29 is 12.9 Å². The molecule has 0 bridgehead atoms. The van der Waals surface area contributed by atoms with Crippen LogP contribution >= 0.6 is 11.3 Å². The first-order chi connectivity index (χ1) is 11.0. The van der Waals surface area contributed by atoms with Crippen molar-refractivity contribution in [2.75, 3.05) is 0 Å². The van der Waals surface area contributed by atoms with Gasteiger partial charge in [0.1, 0.15) is 16.3 Å². The van der Waals surface area contributed by atoms with Crippen molar-refractivity contribution in [2.45, 2.75) is 25.3 Å². The second-order valence-corrected chi connectivity index (χ2v) is 7.46. The lowest BCUT2D eigenvalue weighted by atomic mass is 10.2. The van der Waals surface area contributed by atoms with Gasteiger partial charge in [0.2, 0.25) is 10.0 Å². The third-order valence-electron chi connectivity index (χ3n) is 3.19. The highest BCUT2D eigenvalue weighted by molar-refractivity contribution is 7.89. The third-order valence-corrected chi connectivity index (χ3v) is 5.72. The number of aromatic nitrogens is 3. The van der Waals surface area contributed by atoms with Crippen molar-refractivity contribution in [2.24, 2.45) is 0 Å². The van der Waals surface area contributed by atoms with Crippen LogP contribution < -0.4 is 4.72 Å². The molecule has 0 aliphatic carbocycles. The van der Waals surface area contributed by atoms with Crippen molar-refractivity contribution in [3.8, 4) is 10.6 Å². The van der Waals surface area contributed by atoms with Gasteiger partial charge >= 0.3 is 0 Å². The number of sulfonamides is 1. The summed E-state index contributed by atoms with van der Waals surface area (Å²) < 4.78 is 32.4. The largest absolute Gasteiger partial charge is 0.360 e. The molecule has 7 nitrogen and oxygen atoms in total. The molecule has 23 heavy (non-hydrogen) atoms. The number of hydrogen-bond donors (Lipinski definition) is 1. The number of rotatable bonds is 5. The maximum absolute atomic E-state index is 12.4. The predicted molar refractivity (Wildman–Crippen MR) is 85.3 cm³/mol. The number of hydrogen-bond acceptors (Lipinski definition) is 7. The van der Waals surface area contributed by atoms with Gasteiger partial charge in [-0.25, -0.2) is 13.1 Å². The molecule has 0 aromatic carbocycles. The summed E-state index contributed by atoms with van der Waals surface area (Å²) in [7, 11) is -3.73. The first-order valence-electron chi connectivity index (χ1n) is 6.75. The van der Waals surface area contributed by atoms with Gasteiger partial charge in [-0.2, -0.15) is 0 Å². The van der Waals surface area contributed by atoms with Crippen LogP contribution in [0.4, 0.5) is 0 Å². The molecule has 120 valence electrons. The Hall–Kier alpha value is -2.10. The van der Waals surface area contributed by atoms with Crippen LogP contribution in [0.5, 0.6) is 0 Å².